The van der Waals surface area contributed by atoms with Crippen LogP contribution in [0.4, 0.5) is 13.2 Å². The fourth-order valence-corrected chi connectivity index (χ4v) is 0.283. The molecule has 0 nitrogen and oxygen atoms in total. The lowest BCUT2D eigenvalue weighted by Crippen LogP contribution is -2.04. The molecule has 0 radical (unpaired) electrons. The summed E-state index contributed by atoms with van der Waals surface area (Å²) in [5.41, 5.74) is 0. The minimum Gasteiger partial charge on any atom is -0.171 e. The van der Waals surface area contributed by atoms with Crippen molar-refractivity contribution in [2.75, 3.05) is 0 Å². The van der Waals surface area contributed by atoms with Crippen molar-refractivity contribution in [2.45, 2.75) is 39.0 Å². The van der Waals surface area contributed by atoms with Gasteiger partial charge >= 0.3 is 6.18 Å². The Labute approximate surface area is 62.6 Å². The Hall–Kier alpha value is 0.00688. The van der Waals surface area contributed by atoms with E-state index in [1.165, 1.54) is 6.92 Å². The number of hydrogen-bond donors (Lipinski definition) is 0. The van der Waals surface area contributed by atoms with Gasteiger partial charge in [0.1, 0.15) is 0 Å². The Kier molecular flexibility index (Phi) is 9.01. The van der Waals surface area contributed by atoms with E-state index >= 15 is 0 Å². The highest BCUT2D eigenvalue weighted by Crippen LogP contribution is 2.20. The van der Waals surface area contributed by atoms with Gasteiger partial charge in [-0.2, -0.15) is 13.2 Å². The van der Waals surface area contributed by atoms with Crippen LogP contribution in [0.15, 0.2) is 0 Å². The second-order valence-electron chi connectivity index (χ2n) is 2.07. The minimum absolute atomic E-state index is 0.184. The maximum atomic E-state index is 11.1. The van der Waals surface area contributed by atoms with Crippen LogP contribution in [0, 0.1) is 0 Å². The molecule has 0 aromatic rings. The molecule has 0 aliphatic heterocycles. The Morgan fingerprint density at radius 3 is 1.50 bits per heavy atom. The monoisotopic (exact) mass is 172 g/mol. The van der Waals surface area contributed by atoms with Crippen LogP contribution in [0.3, 0.4) is 0 Å². The van der Waals surface area contributed by atoms with Crippen molar-refractivity contribution in [2.24, 2.45) is 0 Å². The molecule has 0 amide bonds. The lowest BCUT2D eigenvalue weighted by atomic mass is 10.3. The normalized spacial score (nSPS) is 10.2. The van der Waals surface area contributed by atoms with Crippen molar-refractivity contribution in [1.29, 1.82) is 0 Å². The van der Waals surface area contributed by atoms with E-state index in [0.29, 0.717) is 9.52 Å². The second-order valence-corrected chi connectivity index (χ2v) is 3.49. The van der Waals surface area contributed by atoms with Crippen LogP contribution in [0.25, 0.3) is 0 Å². The SMILES string of the molecule is CCCC(F)(F)F.C[SiH2]C. The van der Waals surface area contributed by atoms with Crippen molar-refractivity contribution in [3.8, 4) is 0 Å². The summed E-state index contributed by atoms with van der Waals surface area (Å²) in [6.07, 6.45) is -4.43. The molecule has 0 saturated heterocycles. The lowest BCUT2D eigenvalue weighted by Gasteiger charge is -2.00. The predicted octanol–water partition coefficient (Wildman–Crippen LogP) is 2.60. The molecule has 10 heavy (non-hydrogen) atoms. The van der Waals surface area contributed by atoms with Crippen LogP contribution in [-0.2, 0) is 0 Å². The molecule has 0 aromatic carbocycles. The van der Waals surface area contributed by atoms with Gasteiger partial charge in [0.2, 0.25) is 0 Å². The molecule has 0 spiro atoms. The number of alkyl halides is 3. The summed E-state index contributed by atoms with van der Waals surface area (Å²) in [6, 6.07) is 0. The number of halogens is 3. The molecular formula is C6H15F3Si. The van der Waals surface area contributed by atoms with E-state index in [0.717, 1.165) is 0 Å². The first kappa shape index (κ1) is 12.7. The van der Waals surface area contributed by atoms with Crippen molar-refractivity contribution < 1.29 is 13.2 Å². The van der Waals surface area contributed by atoms with Crippen LogP contribution in [0.2, 0.25) is 13.1 Å². The summed E-state index contributed by atoms with van der Waals surface area (Å²) in [5, 5.41) is 0. The van der Waals surface area contributed by atoms with E-state index in [-0.39, 0.29) is 6.42 Å². The average molecular weight is 172 g/mol. The first-order valence-corrected chi connectivity index (χ1v) is 6.37. The zero-order chi connectivity index (χ0) is 8.62. The number of rotatable bonds is 1. The average Bonchev–Trinajstić information content (AvgIpc) is 1.63. The van der Waals surface area contributed by atoms with Crippen LogP contribution in [0.5, 0.6) is 0 Å². The molecule has 0 aromatic heterocycles. The maximum absolute atomic E-state index is 11.1. The highest BCUT2D eigenvalue weighted by Gasteiger charge is 2.24. The molecule has 0 bridgehead atoms. The molecule has 0 fully saturated rings. The standard InChI is InChI=1S/C4H7F3.C2H8Si/c1-2-3-4(5,6)7;1-3-2/h2-3H2,1H3;3H2,1-2H3. The molecule has 0 aliphatic rings. The van der Waals surface area contributed by atoms with Gasteiger partial charge in [-0.05, 0) is 6.42 Å². The maximum Gasteiger partial charge on any atom is 0.389 e. The molecule has 0 saturated carbocycles. The predicted molar refractivity (Wildman–Crippen MR) is 41.2 cm³/mol. The quantitative estimate of drug-likeness (QED) is 0.533. The minimum atomic E-state index is -3.95. The third kappa shape index (κ3) is 24.5. The van der Waals surface area contributed by atoms with E-state index in [2.05, 4.69) is 13.1 Å². The highest BCUT2D eigenvalue weighted by atomic mass is 28.2. The van der Waals surface area contributed by atoms with Crippen molar-refractivity contribution in [3.63, 3.8) is 0 Å². The largest absolute Gasteiger partial charge is 0.389 e. The Morgan fingerprint density at radius 2 is 1.50 bits per heavy atom. The van der Waals surface area contributed by atoms with Crippen molar-refractivity contribution in [1.82, 2.24) is 0 Å². The zero-order valence-corrected chi connectivity index (χ0v) is 8.17. The fourth-order valence-electron chi connectivity index (χ4n) is 0.283. The number of hydrogen-bond acceptors (Lipinski definition) is 0. The Morgan fingerprint density at radius 1 is 1.20 bits per heavy atom. The molecule has 0 N–H and O–H groups in total. The molecule has 0 aliphatic carbocycles. The molecular weight excluding hydrogens is 157 g/mol. The summed E-state index contributed by atoms with van der Waals surface area (Å²) in [5.74, 6) is 0. The fraction of sp³-hybridized carbons (Fsp3) is 1.00. The first-order valence-electron chi connectivity index (χ1n) is 3.54. The summed E-state index contributed by atoms with van der Waals surface area (Å²) < 4.78 is 33.2. The van der Waals surface area contributed by atoms with Crippen LogP contribution < -0.4 is 0 Å². The van der Waals surface area contributed by atoms with Crippen LogP contribution in [-0.4, -0.2) is 15.7 Å². The summed E-state index contributed by atoms with van der Waals surface area (Å²) >= 11 is 0. The van der Waals surface area contributed by atoms with Crippen molar-refractivity contribution >= 4 is 9.52 Å². The first-order chi connectivity index (χ1) is 4.47. The summed E-state index contributed by atoms with van der Waals surface area (Å²) in [6.45, 7) is 6.04. The van der Waals surface area contributed by atoms with Gasteiger partial charge in [0.25, 0.3) is 0 Å². The third-order valence-electron chi connectivity index (χ3n) is 0.533. The van der Waals surface area contributed by atoms with Gasteiger partial charge in [0.15, 0.2) is 0 Å². The van der Waals surface area contributed by atoms with E-state index in [1.54, 1.807) is 0 Å². The van der Waals surface area contributed by atoms with Gasteiger partial charge in [-0.15, -0.1) is 0 Å². The summed E-state index contributed by atoms with van der Waals surface area (Å²) in [7, 11) is 0.417. The van der Waals surface area contributed by atoms with E-state index in [9.17, 15) is 13.2 Å². The highest BCUT2D eigenvalue weighted by molar-refractivity contribution is 6.31. The third-order valence-corrected chi connectivity index (χ3v) is 0.533. The molecule has 64 valence electrons. The Bertz CT molecular complexity index is 60.5. The Balaban J connectivity index is 0. The molecule has 0 unspecified atom stereocenters. The second kappa shape index (κ2) is 7.12. The van der Waals surface area contributed by atoms with Crippen LogP contribution in [0.1, 0.15) is 19.8 Å². The summed E-state index contributed by atoms with van der Waals surface area (Å²) in [4.78, 5) is 0. The van der Waals surface area contributed by atoms with E-state index in [4.69, 9.17) is 0 Å². The molecule has 0 rings (SSSR count). The lowest BCUT2D eigenvalue weighted by molar-refractivity contribution is -0.134. The van der Waals surface area contributed by atoms with E-state index in [1.807, 2.05) is 0 Å². The molecule has 0 atom stereocenters. The van der Waals surface area contributed by atoms with Crippen molar-refractivity contribution in [3.05, 3.63) is 0 Å². The zero-order valence-electron chi connectivity index (χ0n) is 6.76. The van der Waals surface area contributed by atoms with Crippen LogP contribution >= 0.6 is 0 Å². The van der Waals surface area contributed by atoms with Gasteiger partial charge in [-0.25, -0.2) is 0 Å². The van der Waals surface area contributed by atoms with Gasteiger partial charge in [-0.1, -0.05) is 20.0 Å². The molecule has 4 heteroatoms. The van der Waals surface area contributed by atoms with E-state index < -0.39 is 12.6 Å². The van der Waals surface area contributed by atoms with Gasteiger partial charge in [-0.3, -0.25) is 0 Å². The van der Waals surface area contributed by atoms with Gasteiger partial charge < -0.3 is 0 Å². The van der Waals surface area contributed by atoms with Gasteiger partial charge in [0, 0.05) is 15.9 Å². The smallest absolute Gasteiger partial charge is 0.171 e. The van der Waals surface area contributed by atoms with Gasteiger partial charge in [0.05, 0.1) is 0 Å². The topological polar surface area (TPSA) is 0 Å². The molecule has 0 heterocycles.